The molecule has 1 aromatic carbocycles. The lowest BCUT2D eigenvalue weighted by Crippen LogP contribution is -2.03. The van der Waals surface area contributed by atoms with Gasteiger partial charge in [0, 0.05) is 29.4 Å². The van der Waals surface area contributed by atoms with Gasteiger partial charge in [-0.15, -0.1) is 0 Å². The van der Waals surface area contributed by atoms with Crippen LogP contribution < -0.4 is 5.36 Å². The molecular weight excluding hydrogens is 247 g/mol. The third-order valence-electron chi connectivity index (χ3n) is 2.76. The molecule has 0 amide bonds. The first-order valence-corrected chi connectivity index (χ1v) is 5.60. The van der Waals surface area contributed by atoms with Gasteiger partial charge >= 0.3 is 0 Å². The molecule has 1 N–H and O–H groups in total. The highest BCUT2D eigenvalue weighted by atomic mass is 19.1. The Bertz CT molecular complexity index is 797. The van der Waals surface area contributed by atoms with Crippen LogP contribution in [0.15, 0.2) is 58.4 Å². The molecule has 0 atom stereocenters. The van der Waals surface area contributed by atoms with E-state index in [9.17, 15) is 4.39 Å². The minimum Gasteiger partial charge on any atom is -0.456 e. The molecule has 4 nitrogen and oxygen atoms in total. The lowest BCUT2D eigenvalue weighted by Gasteiger charge is -2.03. The maximum atomic E-state index is 13.2. The molecule has 0 spiro atoms. The summed E-state index contributed by atoms with van der Waals surface area (Å²) >= 11 is 0. The van der Waals surface area contributed by atoms with Crippen LogP contribution in [0.1, 0.15) is 0 Å². The van der Waals surface area contributed by atoms with Gasteiger partial charge in [-0.25, -0.2) is 4.39 Å². The van der Waals surface area contributed by atoms with Gasteiger partial charge in [-0.2, -0.15) is 0 Å². The molecule has 0 aliphatic carbocycles. The number of hydrogen-bond acceptors (Lipinski definition) is 4. The molecular formula is C14H9FN2O2. The predicted molar refractivity (Wildman–Crippen MR) is 66.8 cm³/mol. The van der Waals surface area contributed by atoms with Crippen LogP contribution >= 0.6 is 0 Å². The second-order valence-corrected chi connectivity index (χ2v) is 3.98. The standard InChI is InChI=1S/C14H9FN2O2/c15-10-3-4-13-11(6-10)12(17-18)7-14(19-13)9-2-1-5-16-8-9/h1-8,18H/b17-12+. The van der Waals surface area contributed by atoms with Crippen molar-refractivity contribution in [2.24, 2.45) is 5.16 Å². The molecule has 0 unspecified atom stereocenters. The molecule has 19 heavy (non-hydrogen) atoms. The number of pyridine rings is 1. The smallest absolute Gasteiger partial charge is 0.138 e. The van der Waals surface area contributed by atoms with E-state index < -0.39 is 5.82 Å². The summed E-state index contributed by atoms with van der Waals surface area (Å²) in [5.74, 6) is 0.0849. The van der Waals surface area contributed by atoms with Crippen molar-refractivity contribution in [2.75, 3.05) is 0 Å². The predicted octanol–water partition coefficient (Wildman–Crippen LogP) is 2.92. The maximum Gasteiger partial charge on any atom is 0.138 e. The summed E-state index contributed by atoms with van der Waals surface area (Å²) in [4.78, 5) is 4.00. The lowest BCUT2D eigenvalue weighted by atomic mass is 10.1. The van der Waals surface area contributed by atoms with Gasteiger partial charge < -0.3 is 9.62 Å². The van der Waals surface area contributed by atoms with Crippen LogP contribution in [-0.2, 0) is 0 Å². The summed E-state index contributed by atoms with van der Waals surface area (Å²) in [5.41, 5.74) is 1.19. The van der Waals surface area contributed by atoms with Crippen LogP contribution in [0.5, 0.6) is 0 Å². The van der Waals surface area contributed by atoms with Gasteiger partial charge in [0.1, 0.15) is 22.5 Å². The molecule has 0 aliphatic heterocycles. The van der Waals surface area contributed by atoms with Gasteiger partial charge in [0.2, 0.25) is 0 Å². The van der Waals surface area contributed by atoms with Crippen LogP contribution in [0.25, 0.3) is 22.3 Å². The van der Waals surface area contributed by atoms with Crippen LogP contribution in [0.4, 0.5) is 4.39 Å². The summed E-state index contributed by atoms with van der Waals surface area (Å²) in [5, 5.41) is 12.9. The minimum atomic E-state index is -0.415. The topological polar surface area (TPSA) is 58.6 Å². The van der Waals surface area contributed by atoms with Crippen molar-refractivity contribution >= 4 is 11.0 Å². The molecule has 2 aromatic heterocycles. The van der Waals surface area contributed by atoms with Crippen molar-refractivity contribution in [3.05, 3.63) is 60.0 Å². The van der Waals surface area contributed by atoms with Gasteiger partial charge in [-0.3, -0.25) is 4.98 Å². The monoisotopic (exact) mass is 256 g/mol. The fraction of sp³-hybridized carbons (Fsp3) is 0. The van der Waals surface area contributed by atoms with Gasteiger partial charge in [0.15, 0.2) is 0 Å². The second kappa shape index (κ2) is 4.53. The Labute approximate surface area is 107 Å². The molecule has 0 saturated carbocycles. The number of nitrogens with zero attached hydrogens (tertiary/aromatic N) is 2. The van der Waals surface area contributed by atoms with E-state index in [4.69, 9.17) is 9.62 Å². The zero-order valence-electron chi connectivity index (χ0n) is 9.75. The van der Waals surface area contributed by atoms with Crippen molar-refractivity contribution in [3.8, 4) is 11.3 Å². The Kier molecular flexibility index (Phi) is 2.72. The fourth-order valence-corrected chi connectivity index (χ4v) is 1.87. The number of benzene rings is 1. The van der Waals surface area contributed by atoms with Crippen LogP contribution in [0, 0.1) is 5.82 Å². The SMILES string of the molecule is O/N=c1\cc(-c2cccnc2)oc2ccc(F)cc12. The molecule has 94 valence electrons. The van der Waals surface area contributed by atoms with Crippen LogP contribution in [-0.4, -0.2) is 10.2 Å². The highest BCUT2D eigenvalue weighted by Gasteiger charge is 2.07. The van der Waals surface area contributed by atoms with Gasteiger partial charge in [0.05, 0.1) is 0 Å². The Morgan fingerprint density at radius 3 is 2.84 bits per heavy atom. The van der Waals surface area contributed by atoms with Gasteiger partial charge in [-0.1, -0.05) is 5.16 Å². The zero-order chi connectivity index (χ0) is 13.2. The van der Waals surface area contributed by atoms with E-state index in [1.54, 1.807) is 24.5 Å². The summed E-state index contributed by atoms with van der Waals surface area (Å²) in [6, 6.07) is 9.19. The van der Waals surface area contributed by atoms with Gasteiger partial charge in [0.25, 0.3) is 0 Å². The molecule has 5 heteroatoms. The highest BCUT2D eigenvalue weighted by molar-refractivity contribution is 5.78. The normalized spacial score (nSPS) is 11.9. The molecule has 0 radical (unpaired) electrons. The molecule has 2 heterocycles. The Morgan fingerprint density at radius 2 is 2.11 bits per heavy atom. The van der Waals surface area contributed by atoms with E-state index >= 15 is 0 Å². The molecule has 0 saturated heterocycles. The summed E-state index contributed by atoms with van der Waals surface area (Å²) in [7, 11) is 0. The van der Waals surface area contributed by atoms with E-state index in [1.807, 2.05) is 6.07 Å². The first kappa shape index (κ1) is 11.4. The third kappa shape index (κ3) is 2.06. The molecule has 0 bridgehead atoms. The van der Waals surface area contributed by atoms with Crippen molar-refractivity contribution in [1.29, 1.82) is 0 Å². The van der Waals surface area contributed by atoms with Gasteiger partial charge in [-0.05, 0) is 30.3 Å². The van der Waals surface area contributed by atoms with Crippen LogP contribution in [0.2, 0.25) is 0 Å². The Hall–Kier alpha value is -2.69. The molecule has 3 aromatic rings. The van der Waals surface area contributed by atoms with Crippen molar-refractivity contribution in [2.45, 2.75) is 0 Å². The quantitative estimate of drug-likeness (QED) is 0.538. The Morgan fingerprint density at radius 1 is 1.21 bits per heavy atom. The molecule has 3 rings (SSSR count). The molecule has 0 fully saturated rings. The van der Waals surface area contributed by atoms with E-state index in [2.05, 4.69) is 10.1 Å². The lowest BCUT2D eigenvalue weighted by molar-refractivity contribution is 0.302. The molecule has 0 aliphatic rings. The van der Waals surface area contributed by atoms with Crippen molar-refractivity contribution < 1.29 is 14.0 Å². The minimum absolute atomic E-state index is 0.250. The number of rotatable bonds is 1. The highest BCUT2D eigenvalue weighted by Crippen LogP contribution is 2.21. The zero-order valence-corrected chi connectivity index (χ0v) is 9.75. The number of hydrogen-bond donors (Lipinski definition) is 1. The Balaban J connectivity index is 2.33. The van der Waals surface area contributed by atoms with E-state index in [-0.39, 0.29) is 5.36 Å². The number of halogens is 1. The fourth-order valence-electron chi connectivity index (χ4n) is 1.87. The second-order valence-electron chi connectivity index (χ2n) is 3.98. The van der Waals surface area contributed by atoms with Crippen molar-refractivity contribution in [1.82, 2.24) is 4.98 Å². The average molecular weight is 256 g/mol. The summed E-state index contributed by atoms with van der Waals surface area (Å²) in [6.45, 7) is 0. The maximum absolute atomic E-state index is 13.2. The summed E-state index contributed by atoms with van der Waals surface area (Å²) < 4.78 is 18.9. The first-order chi connectivity index (χ1) is 9.28. The third-order valence-corrected chi connectivity index (χ3v) is 2.76. The van der Waals surface area contributed by atoms with E-state index in [1.165, 1.54) is 18.2 Å². The average Bonchev–Trinajstić information content (AvgIpc) is 2.47. The van der Waals surface area contributed by atoms with Crippen LogP contribution in [0.3, 0.4) is 0 Å². The summed E-state index contributed by atoms with van der Waals surface area (Å²) in [6.07, 6.45) is 3.28. The number of fused-ring (bicyclic) bond motifs is 1. The van der Waals surface area contributed by atoms with E-state index in [0.717, 1.165) is 5.56 Å². The van der Waals surface area contributed by atoms with E-state index in [0.29, 0.717) is 16.7 Å². The number of aromatic nitrogens is 1. The first-order valence-electron chi connectivity index (χ1n) is 5.60. The largest absolute Gasteiger partial charge is 0.456 e. The van der Waals surface area contributed by atoms with Crippen molar-refractivity contribution in [3.63, 3.8) is 0 Å².